The lowest BCUT2D eigenvalue weighted by molar-refractivity contribution is 0.494. The van der Waals surface area contributed by atoms with Gasteiger partial charge in [-0.1, -0.05) is 28.1 Å². The summed E-state index contributed by atoms with van der Waals surface area (Å²) in [6.45, 7) is 7.36. The van der Waals surface area contributed by atoms with Gasteiger partial charge in [-0.15, -0.1) is 0 Å². The smallest absolute Gasteiger partial charge is 0.0537 e. The molecule has 0 fully saturated rings. The van der Waals surface area contributed by atoms with E-state index in [2.05, 4.69) is 71.5 Å². The molecular formula is C15H20BrN3. The van der Waals surface area contributed by atoms with Crippen LogP contribution in [-0.2, 0) is 6.54 Å². The van der Waals surface area contributed by atoms with Crippen molar-refractivity contribution < 1.29 is 0 Å². The van der Waals surface area contributed by atoms with Crippen LogP contribution in [0.3, 0.4) is 0 Å². The molecule has 3 nitrogen and oxygen atoms in total. The first-order chi connectivity index (χ1) is 9.10. The predicted molar refractivity (Wildman–Crippen MR) is 82.0 cm³/mol. The number of nitrogens with zero attached hydrogens (tertiary/aromatic N) is 2. The van der Waals surface area contributed by atoms with Crippen molar-refractivity contribution in [3.63, 3.8) is 0 Å². The van der Waals surface area contributed by atoms with Gasteiger partial charge in [-0.2, -0.15) is 5.10 Å². The summed E-state index contributed by atoms with van der Waals surface area (Å²) >= 11 is 3.51. The first-order valence-corrected chi connectivity index (χ1v) is 7.43. The van der Waals surface area contributed by atoms with Crippen LogP contribution in [0.15, 0.2) is 41.1 Å². The van der Waals surface area contributed by atoms with Crippen LogP contribution in [0.4, 0.5) is 0 Å². The van der Waals surface area contributed by atoms with Crippen LogP contribution >= 0.6 is 15.9 Å². The van der Waals surface area contributed by atoms with Gasteiger partial charge in [0, 0.05) is 34.9 Å². The lowest BCUT2D eigenvalue weighted by Gasteiger charge is -2.19. The highest BCUT2D eigenvalue weighted by Crippen LogP contribution is 2.21. The van der Waals surface area contributed by atoms with Crippen LogP contribution in [0.25, 0.3) is 0 Å². The molecule has 1 aromatic carbocycles. The van der Waals surface area contributed by atoms with E-state index in [4.69, 9.17) is 0 Å². The van der Waals surface area contributed by atoms with Gasteiger partial charge in [-0.25, -0.2) is 0 Å². The SMILES string of the molecule is CCn1cc(C(C)N[C@H](C)c2cccc(Br)c2)cn1. The highest BCUT2D eigenvalue weighted by molar-refractivity contribution is 9.10. The minimum Gasteiger partial charge on any atom is -0.304 e. The molecule has 102 valence electrons. The van der Waals surface area contributed by atoms with Crippen LogP contribution in [0.1, 0.15) is 44.0 Å². The molecule has 0 aliphatic carbocycles. The van der Waals surface area contributed by atoms with Crippen LogP contribution < -0.4 is 5.32 Å². The molecule has 0 saturated carbocycles. The molecule has 2 aromatic rings. The highest BCUT2D eigenvalue weighted by atomic mass is 79.9. The monoisotopic (exact) mass is 321 g/mol. The molecule has 1 heterocycles. The summed E-state index contributed by atoms with van der Waals surface area (Å²) in [6, 6.07) is 9.00. The molecule has 0 bridgehead atoms. The van der Waals surface area contributed by atoms with Gasteiger partial charge < -0.3 is 5.32 Å². The summed E-state index contributed by atoms with van der Waals surface area (Å²) < 4.78 is 3.07. The summed E-state index contributed by atoms with van der Waals surface area (Å²) in [6.07, 6.45) is 4.04. The lowest BCUT2D eigenvalue weighted by atomic mass is 10.1. The fourth-order valence-corrected chi connectivity index (χ4v) is 2.54. The zero-order valence-electron chi connectivity index (χ0n) is 11.6. The topological polar surface area (TPSA) is 29.9 Å². The number of hydrogen-bond acceptors (Lipinski definition) is 2. The average Bonchev–Trinajstić information content (AvgIpc) is 2.87. The molecule has 4 heteroatoms. The third-order valence-electron chi connectivity index (χ3n) is 3.33. The average molecular weight is 322 g/mol. The van der Waals surface area contributed by atoms with E-state index in [1.54, 1.807) is 0 Å². The molecule has 1 N–H and O–H groups in total. The molecule has 2 rings (SSSR count). The Morgan fingerprint density at radius 3 is 2.63 bits per heavy atom. The summed E-state index contributed by atoms with van der Waals surface area (Å²) in [5, 5.41) is 7.92. The van der Waals surface area contributed by atoms with Crippen molar-refractivity contribution in [2.24, 2.45) is 0 Å². The van der Waals surface area contributed by atoms with E-state index < -0.39 is 0 Å². The zero-order chi connectivity index (χ0) is 13.8. The van der Waals surface area contributed by atoms with Gasteiger partial charge in [0.1, 0.15) is 0 Å². The van der Waals surface area contributed by atoms with Crippen LogP contribution in [0.2, 0.25) is 0 Å². The summed E-state index contributed by atoms with van der Waals surface area (Å²) in [7, 11) is 0. The van der Waals surface area contributed by atoms with Crippen LogP contribution in [0.5, 0.6) is 0 Å². The summed E-state index contributed by atoms with van der Waals surface area (Å²) in [5.74, 6) is 0. The first kappa shape index (κ1) is 14.3. The molecule has 1 aromatic heterocycles. The Bertz CT molecular complexity index is 536. The maximum atomic E-state index is 4.32. The minimum absolute atomic E-state index is 0.286. The second-order valence-electron chi connectivity index (χ2n) is 4.79. The van der Waals surface area contributed by atoms with Crippen LogP contribution in [-0.4, -0.2) is 9.78 Å². The molecule has 0 radical (unpaired) electrons. The molecule has 0 aliphatic rings. The number of nitrogens with one attached hydrogen (secondary N) is 1. The molecular weight excluding hydrogens is 302 g/mol. The Morgan fingerprint density at radius 2 is 2.00 bits per heavy atom. The highest BCUT2D eigenvalue weighted by Gasteiger charge is 2.12. The molecule has 19 heavy (non-hydrogen) atoms. The maximum absolute atomic E-state index is 4.32. The number of aromatic nitrogens is 2. The van der Waals surface area contributed by atoms with E-state index in [0.29, 0.717) is 6.04 Å². The molecule has 0 amide bonds. The van der Waals surface area contributed by atoms with Gasteiger partial charge in [0.05, 0.1) is 6.20 Å². The van der Waals surface area contributed by atoms with Crippen molar-refractivity contribution in [3.8, 4) is 0 Å². The number of rotatable bonds is 5. The van der Waals surface area contributed by atoms with Gasteiger partial charge in [-0.3, -0.25) is 4.68 Å². The quantitative estimate of drug-likeness (QED) is 0.899. The Labute approximate surface area is 123 Å². The van der Waals surface area contributed by atoms with E-state index in [1.807, 2.05) is 16.9 Å². The predicted octanol–water partition coefficient (Wildman–Crippen LogP) is 4.08. The van der Waals surface area contributed by atoms with Crippen molar-refractivity contribution in [1.82, 2.24) is 15.1 Å². The van der Waals surface area contributed by atoms with E-state index >= 15 is 0 Å². The first-order valence-electron chi connectivity index (χ1n) is 6.64. The molecule has 2 atom stereocenters. The fourth-order valence-electron chi connectivity index (χ4n) is 2.12. The van der Waals surface area contributed by atoms with Gasteiger partial charge in [-0.05, 0) is 38.5 Å². The lowest BCUT2D eigenvalue weighted by Crippen LogP contribution is -2.22. The molecule has 1 unspecified atom stereocenters. The number of halogens is 1. The minimum atomic E-state index is 0.286. The van der Waals surface area contributed by atoms with Crippen molar-refractivity contribution >= 4 is 15.9 Å². The number of benzene rings is 1. The normalized spacial score (nSPS) is 14.3. The number of hydrogen-bond donors (Lipinski definition) is 1. The van der Waals surface area contributed by atoms with Crippen LogP contribution in [0, 0.1) is 0 Å². The summed E-state index contributed by atoms with van der Waals surface area (Å²) in [4.78, 5) is 0. The van der Waals surface area contributed by atoms with Crippen molar-refractivity contribution in [2.45, 2.75) is 39.4 Å². The molecule has 0 spiro atoms. The number of aryl methyl sites for hydroxylation is 1. The van der Waals surface area contributed by atoms with Crippen molar-refractivity contribution in [1.29, 1.82) is 0 Å². The van der Waals surface area contributed by atoms with E-state index in [1.165, 1.54) is 11.1 Å². The van der Waals surface area contributed by atoms with Gasteiger partial charge in [0.25, 0.3) is 0 Å². The Hall–Kier alpha value is -1.13. The maximum Gasteiger partial charge on any atom is 0.0537 e. The van der Waals surface area contributed by atoms with Gasteiger partial charge >= 0.3 is 0 Å². The zero-order valence-corrected chi connectivity index (χ0v) is 13.2. The second kappa shape index (κ2) is 6.35. The van der Waals surface area contributed by atoms with Crippen molar-refractivity contribution in [2.75, 3.05) is 0 Å². The Kier molecular flexibility index (Phi) is 4.77. The standard InChI is InChI=1S/C15H20BrN3/c1-4-19-10-14(9-17-19)12(3)18-11(2)13-6-5-7-15(16)8-13/h5-12,18H,4H2,1-3H3/t11-,12?/m1/s1. The van der Waals surface area contributed by atoms with Crippen molar-refractivity contribution in [3.05, 3.63) is 52.3 Å². The Morgan fingerprint density at radius 1 is 1.26 bits per heavy atom. The van der Waals surface area contributed by atoms with Gasteiger partial charge in [0.15, 0.2) is 0 Å². The van der Waals surface area contributed by atoms with E-state index in [9.17, 15) is 0 Å². The van der Waals surface area contributed by atoms with E-state index in [-0.39, 0.29) is 6.04 Å². The Balaban J connectivity index is 2.03. The third kappa shape index (κ3) is 3.67. The fraction of sp³-hybridized carbons (Fsp3) is 0.400. The summed E-state index contributed by atoms with van der Waals surface area (Å²) in [5.41, 5.74) is 2.51. The van der Waals surface area contributed by atoms with Gasteiger partial charge in [0.2, 0.25) is 0 Å². The third-order valence-corrected chi connectivity index (χ3v) is 3.82. The molecule has 0 aliphatic heterocycles. The largest absolute Gasteiger partial charge is 0.304 e. The van der Waals surface area contributed by atoms with E-state index in [0.717, 1.165) is 11.0 Å². The molecule has 0 saturated heterocycles. The second-order valence-corrected chi connectivity index (χ2v) is 5.71.